The zero-order chi connectivity index (χ0) is 15.5. The Labute approximate surface area is 120 Å². The van der Waals surface area contributed by atoms with E-state index in [9.17, 15) is 18.0 Å². The molecule has 1 atom stereocenters. The molecule has 1 heterocycles. The molecular weight excluding hydrogens is 285 g/mol. The van der Waals surface area contributed by atoms with Crippen LogP contribution in [-0.4, -0.2) is 37.0 Å². The molecule has 1 aromatic rings. The highest BCUT2D eigenvalue weighted by Gasteiger charge is 2.31. The lowest BCUT2D eigenvalue weighted by atomic mass is 10.1. The van der Waals surface area contributed by atoms with Gasteiger partial charge in [-0.3, -0.25) is 4.79 Å². The van der Waals surface area contributed by atoms with Gasteiger partial charge in [0.1, 0.15) is 5.75 Å². The monoisotopic (exact) mass is 302 g/mol. The van der Waals surface area contributed by atoms with Crippen LogP contribution >= 0.6 is 0 Å². The number of halogens is 3. The zero-order valence-corrected chi connectivity index (χ0v) is 11.4. The molecule has 1 saturated heterocycles. The number of likely N-dealkylation sites (tertiary alicyclic amines) is 1. The summed E-state index contributed by atoms with van der Waals surface area (Å²) in [6, 6.07) is 4.50. The second-order valence-corrected chi connectivity index (χ2v) is 5.04. The topological polar surface area (TPSA) is 55.6 Å². The summed E-state index contributed by atoms with van der Waals surface area (Å²) in [5, 5.41) is 0. The molecule has 2 N–H and O–H groups in total. The Hall–Kier alpha value is -1.76. The van der Waals surface area contributed by atoms with E-state index in [0.29, 0.717) is 25.6 Å². The summed E-state index contributed by atoms with van der Waals surface area (Å²) in [6.07, 6.45) is -3.57. The van der Waals surface area contributed by atoms with Crippen LogP contribution in [0.3, 0.4) is 0 Å². The fraction of sp³-hybridized carbons (Fsp3) is 0.500. The lowest BCUT2D eigenvalue weighted by molar-refractivity contribution is -0.137. The van der Waals surface area contributed by atoms with Crippen molar-refractivity contribution in [2.75, 3.05) is 26.2 Å². The number of carbonyl (C=O) groups is 1. The van der Waals surface area contributed by atoms with Gasteiger partial charge in [-0.15, -0.1) is 0 Å². The van der Waals surface area contributed by atoms with Crippen molar-refractivity contribution in [2.45, 2.75) is 12.6 Å². The van der Waals surface area contributed by atoms with Crippen molar-refractivity contribution in [1.29, 1.82) is 0 Å². The summed E-state index contributed by atoms with van der Waals surface area (Å²) >= 11 is 0. The molecule has 1 aliphatic rings. The van der Waals surface area contributed by atoms with Gasteiger partial charge in [-0.2, -0.15) is 13.2 Å². The Kier molecular flexibility index (Phi) is 4.72. The fourth-order valence-corrected chi connectivity index (χ4v) is 2.25. The summed E-state index contributed by atoms with van der Waals surface area (Å²) < 4.78 is 42.8. The number of benzene rings is 1. The Morgan fingerprint density at radius 1 is 1.43 bits per heavy atom. The number of nitrogens with zero attached hydrogens (tertiary/aromatic N) is 1. The van der Waals surface area contributed by atoms with E-state index in [4.69, 9.17) is 10.5 Å². The third kappa shape index (κ3) is 4.10. The molecule has 21 heavy (non-hydrogen) atoms. The van der Waals surface area contributed by atoms with Crippen molar-refractivity contribution in [3.8, 4) is 5.75 Å². The van der Waals surface area contributed by atoms with Crippen LogP contribution in [0.5, 0.6) is 5.75 Å². The van der Waals surface area contributed by atoms with Crippen molar-refractivity contribution >= 4 is 5.91 Å². The summed E-state index contributed by atoms with van der Waals surface area (Å²) in [6.45, 7) is 1.46. The third-order valence-electron chi connectivity index (χ3n) is 3.50. The molecule has 1 amide bonds. The summed E-state index contributed by atoms with van der Waals surface area (Å²) in [5.41, 5.74) is 4.75. The first-order valence-electron chi connectivity index (χ1n) is 6.68. The highest BCUT2D eigenvalue weighted by Crippen LogP contribution is 2.31. The van der Waals surface area contributed by atoms with Gasteiger partial charge in [0.2, 0.25) is 0 Å². The number of hydrogen-bond acceptors (Lipinski definition) is 3. The molecule has 1 unspecified atom stereocenters. The van der Waals surface area contributed by atoms with E-state index in [0.717, 1.165) is 18.6 Å². The van der Waals surface area contributed by atoms with Gasteiger partial charge in [0.25, 0.3) is 5.91 Å². The first kappa shape index (κ1) is 15.6. The smallest absolute Gasteiger partial charge is 0.416 e. The number of nitrogens with two attached hydrogens (primary N) is 1. The number of hydrogen-bond donors (Lipinski definition) is 1. The van der Waals surface area contributed by atoms with Gasteiger partial charge in [-0.1, -0.05) is 6.07 Å². The predicted molar refractivity (Wildman–Crippen MR) is 70.7 cm³/mol. The van der Waals surface area contributed by atoms with E-state index in [1.165, 1.54) is 12.1 Å². The minimum atomic E-state index is -4.42. The van der Waals surface area contributed by atoms with Crippen molar-refractivity contribution in [2.24, 2.45) is 11.7 Å². The van der Waals surface area contributed by atoms with Crippen molar-refractivity contribution in [3.63, 3.8) is 0 Å². The van der Waals surface area contributed by atoms with E-state index in [2.05, 4.69) is 0 Å². The van der Waals surface area contributed by atoms with Gasteiger partial charge in [-0.25, -0.2) is 0 Å². The van der Waals surface area contributed by atoms with Crippen LogP contribution in [-0.2, 0) is 11.0 Å². The van der Waals surface area contributed by atoms with Crippen molar-refractivity contribution < 1.29 is 22.7 Å². The van der Waals surface area contributed by atoms with E-state index in [1.54, 1.807) is 4.90 Å². The summed E-state index contributed by atoms with van der Waals surface area (Å²) in [4.78, 5) is 13.5. The Balaban J connectivity index is 1.90. The second-order valence-electron chi connectivity index (χ2n) is 5.04. The van der Waals surface area contributed by atoms with Gasteiger partial charge in [0, 0.05) is 13.1 Å². The average molecular weight is 302 g/mol. The molecule has 116 valence electrons. The number of carbonyl (C=O) groups excluding carboxylic acids is 1. The number of alkyl halides is 3. The minimum Gasteiger partial charge on any atom is -0.484 e. The van der Waals surface area contributed by atoms with Crippen LogP contribution in [0.2, 0.25) is 0 Å². The minimum absolute atomic E-state index is 0.0350. The molecule has 0 aliphatic carbocycles. The third-order valence-corrected chi connectivity index (χ3v) is 3.50. The van der Waals surface area contributed by atoms with Crippen molar-refractivity contribution in [1.82, 2.24) is 4.90 Å². The average Bonchev–Trinajstić information content (AvgIpc) is 2.93. The zero-order valence-electron chi connectivity index (χ0n) is 11.4. The standard InChI is InChI=1S/C14H17F3N2O2/c15-14(16,17)11-2-1-3-12(6-11)21-9-13(20)19-5-4-10(7-18)8-19/h1-3,6,10H,4-5,7-9,18H2. The molecule has 1 fully saturated rings. The number of rotatable bonds is 4. The van der Waals surface area contributed by atoms with E-state index in [1.807, 2.05) is 0 Å². The quantitative estimate of drug-likeness (QED) is 0.924. The van der Waals surface area contributed by atoms with Crippen LogP contribution in [0, 0.1) is 5.92 Å². The molecule has 0 saturated carbocycles. The van der Waals surface area contributed by atoms with Gasteiger partial charge < -0.3 is 15.4 Å². The first-order valence-corrected chi connectivity index (χ1v) is 6.68. The van der Waals surface area contributed by atoms with Gasteiger partial charge in [-0.05, 0) is 37.1 Å². The molecule has 1 aliphatic heterocycles. The van der Waals surface area contributed by atoms with Gasteiger partial charge in [0.15, 0.2) is 6.61 Å². The van der Waals surface area contributed by atoms with Crippen LogP contribution in [0.25, 0.3) is 0 Å². The molecule has 0 aromatic heterocycles. The lowest BCUT2D eigenvalue weighted by Gasteiger charge is -2.17. The molecular formula is C14H17F3N2O2. The second kappa shape index (κ2) is 6.34. The van der Waals surface area contributed by atoms with Gasteiger partial charge in [0.05, 0.1) is 5.56 Å². The maximum atomic E-state index is 12.6. The van der Waals surface area contributed by atoms with E-state index in [-0.39, 0.29) is 18.3 Å². The van der Waals surface area contributed by atoms with Crippen LogP contribution in [0.1, 0.15) is 12.0 Å². The Morgan fingerprint density at radius 2 is 2.19 bits per heavy atom. The number of ether oxygens (including phenoxy) is 1. The molecule has 2 rings (SSSR count). The molecule has 0 bridgehead atoms. The molecule has 1 aromatic carbocycles. The van der Waals surface area contributed by atoms with Crippen molar-refractivity contribution in [3.05, 3.63) is 29.8 Å². The van der Waals surface area contributed by atoms with E-state index < -0.39 is 11.7 Å². The fourth-order valence-electron chi connectivity index (χ4n) is 2.25. The van der Waals surface area contributed by atoms with Crippen LogP contribution in [0.15, 0.2) is 24.3 Å². The highest BCUT2D eigenvalue weighted by atomic mass is 19.4. The highest BCUT2D eigenvalue weighted by molar-refractivity contribution is 5.78. The molecule has 7 heteroatoms. The predicted octanol–water partition coefficient (Wildman–Crippen LogP) is 1.89. The summed E-state index contributed by atoms with van der Waals surface area (Å²) in [7, 11) is 0. The maximum absolute atomic E-state index is 12.6. The van der Waals surface area contributed by atoms with E-state index >= 15 is 0 Å². The van der Waals surface area contributed by atoms with Gasteiger partial charge >= 0.3 is 6.18 Å². The van der Waals surface area contributed by atoms with Crippen LogP contribution < -0.4 is 10.5 Å². The van der Waals surface area contributed by atoms with Crippen LogP contribution in [0.4, 0.5) is 13.2 Å². The summed E-state index contributed by atoms with van der Waals surface area (Å²) in [5.74, 6) is 0.0959. The first-order chi connectivity index (χ1) is 9.90. The normalized spacial score (nSPS) is 18.9. The number of amides is 1. The lowest BCUT2D eigenvalue weighted by Crippen LogP contribution is -2.33. The maximum Gasteiger partial charge on any atom is 0.416 e. The molecule has 0 spiro atoms. The largest absolute Gasteiger partial charge is 0.484 e. The molecule has 4 nitrogen and oxygen atoms in total. The molecule has 0 radical (unpaired) electrons. The SMILES string of the molecule is NCC1CCN(C(=O)COc2cccc(C(F)(F)F)c2)C1. The Morgan fingerprint density at radius 3 is 2.81 bits per heavy atom. The Bertz CT molecular complexity index is 505.